The summed E-state index contributed by atoms with van der Waals surface area (Å²) < 4.78 is 19.6. The van der Waals surface area contributed by atoms with Crippen LogP contribution >= 0.6 is 0 Å². The molecule has 0 spiro atoms. The molecule has 2 bridgehead atoms. The van der Waals surface area contributed by atoms with Crippen LogP contribution in [0, 0.1) is 15.9 Å². The number of amides is 2. The molecule has 2 aromatic rings. The van der Waals surface area contributed by atoms with E-state index in [-0.39, 0.29) is 5.69 Å². The number of urea groups is 1. The number of carbonyl (C=O) groups excluding carboxylic acids is 1. The molecule has 2 aromatic carbocycles. The van der Waals surface area contributed by atoms with Crippen LogP contribution in [0.25, 0.3) is 0 Å². The molecule has 0 aromatic heterocycles. The van der Waals surface area contributed by atoms with Crippen molar-refractivity contribution in [3.63, 3.8) is 0 Å². The predicted octanol–water partition coefficient (Wildman–Crippen LogP) is 3.50. The molecule has 1 fully saturated rings. The number of fused-ring (bicyclic) bond motifs is 4. The average molecular weight is 343 g/mol. The summed E-state index contributed by atoms with van der Waals surface area (Å²) in [6, 6.07) is 9.16. The van der Waals surface area contributed by atoms with Gasteiger partial charge in [0.05, 0.1) is 16.7 Å². The molecule has 2 atom stereocenters. The zero-order valence-corrected chi connectivity index (χ0v) is 13.2. The van der Waals surface area contributed by atoms with Gasteiger partial charge in [0.15, 0.2) is 5.72 Å². The topological polar surface area (TPSA) is 84.7 Å². The molecular weight excluding hydrogens is 329 g/mol. The van der Waals surface area contributed by atoms with Crippen LogP contribution in [0.15, 0.2) is 42.5 Å². The number of carbonyl (C=O) groups is 1. The number of nitrogens with one attached hydrogen (secondary N) is 1. The molecule has 0 aliphatic carbocycles. The van der Waals surface area contributed by atoms with Crippen molar-refractivity contribution in [1.29, 1.82) is 0 Å². The number of hydrogen-bond acceptors (Lipinski definition) is 4. The lowest BCUT2D eigenvalue weighted by Crippen LogP contribution is -2.65. The Balaban J connectivity index is 1.79. The third-order valence-corrected chi connectivity index (χ3v) is 4.53. The van der Waals surface area contributed by atoms with Gasteiger partial charge in [-0.1, -0.05) is 6.07 Å². The average Bonchev–Trinajstić information content (AvgIpc) is 2.53. The number of nitrogens with zero attached hydrogens (tertiary/aromatic N) is 2. The van der Waals surface area contributed by atoms with E-state index in [1.54, 1.807) is 13.0 Å². The van der Waals surface area contributed by atoms with E-state index < -0.39 is 28.5 Å². The molecule has 7 nitrogen and oxygen atoms in total. The number of benzene rings is 2. The van der Waals surface area contributed by atoms with Crippen molar-refractivity contribution in [2.24, 2.45) is 0 Å². The minimum absolute atomic E-state index is 0.0623. The van der Waals surface area contributed by atoms with Crippen molar-refractivity contribution in [2.75, 3.05) is 4.90 Å². The Morgan fingerprint density at radius 3 is 2.88 bits per heavy atom. The van der Waals surface area contributed by atoms with Crippen LogP contribution in [0.3, 0.4) is 0 Å². The summed E-state index contributed by atoms with van der Waals surface area (Å²) >= 11 is 0. The van der Waals surface area contributed by atoms with Crippen LogP contribution in [0.1, 0.15) is 24.9 Å². The van der Waals surface area contributed by atoms with E-state index in [1.165, 1.54) is 41.3 Å². The van der Waals surface area contributed by atoms with Gasteiger partial charge in [-0.2, -0.15) is 0 Å². The Labute approximate surface area is 142 Å². The highest BCUT2D eigenvalue weighted by Crippen LogP contribution is 2.46. The highest BCUT2D eigenvalue weighted by molar-refractivity contribution is 5.94. The van der Waals surface area contributed by atoms with Crippen molar-refractivity contribution in [3.05, 3.63) is 64.0 Å². The smallest absolute Gasteiger partial charge is 0.325 e. The molecule has 2 amide bonds. The lowest BCUT2D eigenvalue weighted by atomic mass is 9.90. The van der Waals surface area contributed by atoms with Crippen molar-refractivity contribution in [3.8, 4) is 5.75 Å². The first-order valence-corrected chi connectivity index (χ1v) is 7.71. The fourth-order valence-corrected chi connectivity index (χ4v) is 3.48. The molecule has 4 rings (SSSR count). The van der Waals surface area contributed by atoms with Gasteiger partial charge in [0.1, 0.15) is 11.6 Å². The number of nitro benzene ring substituents is 1. The molecular formula is C17H14FN3O4. The Kier molecular flexibility index (Phi) is 3.18. The standard InChI is InChI=1S/C17H14FN3O4/c1-17-9-14(13-8-12(21(23)24)5-6-15(13)25-17)19-16(22)20(17)11-4-2-3-10(18)7-11/h2-8,14H,9H2,1H3,(H,19,22)/t14-,17-/m0/s1. The fraction of sp³-hybridized carbons (Fsp3) is 0.235. The summed E-state index contributed by atoms with van der Waals surface area (Å²) in [4.78, 5) is 24.5. The van der Waals surface area contributed by atoms with Crippen LogP contribution in [0.2, 0.25) is 0 Å². The SMILES string of the molecule is C[C@]12C[C@H](NC(=O)N1c1cccc(F)c1)c1cc([N+](=O)[O-])ccc1O2. The van der Waals surface area contributed by atoms with Crippen LogP contribution in [0.5, 0.6) is 5.75 Å². The summed E-state index contributed by atoms with van der Waals surface area (Å²) in [5, 5.41) is 13.8. The lowest BCUT2D eigenvalue weighted by Gasteiger charge is -2.50. The van der Waals surface area contributed by atoms with E-state index in [9.17, 15) is 19.3 Å². The largest absolute Gasteiger partial charge is 0.467 e. The second-order valence-electron chi connectivity index (χ2n) is 6.28. The third-order valence-electron chi connectivity index (χ3n) is 4.53. The van der Waals surface area contributed by atoms with Gasteiger partial charge in [0, 0.05) is 24.1 Å². The Bertz CT molecular complexity index is 903. The van der Waals surface area contributed by atoms with Crippen molar-refractivity contribution < 1.29 is 18.8 Å². The molecule has 2 heterocycles. The van der Waals surface area contributed by atoms with Gasteiger partial charge >= 0.3 is 6.03 Å². The maximum absolute atomic E-state index is 13.6. The van der Waals surface area contributed by atoms with Gasteiger partial charge in [0.25, 0.3) is 5.69 Å². The fourth-order valence-electron chi connectivity index (χ4n) is 3.48. The predicted molar refractivity (Wildman–Crippen MR) is 86.9 cm³/mol. The molecule has 0 saturated carbocycles. The summed E-state index contributed by atoms with van der Waals surface area (Å²) in [5.41, 5.74) is -0.139. The van der Waals surface area contributed by atoms with E-state index in [4.69, 9.17) is 4.74 Å². The molecule has 2 aliphatic rings. The molecule has 8 heteroatoms. The second-order valence-corrected chi connectivity index (χ2v) is 6.28. The molecule has 0 unspecified atom stereocenters. The zero-order chi connectivity index (χ0) is 17.8. The quantitative estimate of drug-likeness (QED) is 0.668. The minimum atomic E-state index is -1.02. The highest BCUT2D eigenvalue weighted by Gasteiger charge is 2.50. The van der Waals surface area contributed by atoms with E-state index >= 15 is 0 Å². The maximum atomic E-state index is 13.6. The maximum Gasteiger partial charge on any atom is 0.325 e. The Hall–Kier alpha value is -3.16. The van der Waals surface area contributed by atoms with Crippen molar-refractivity contribution in [2.45, 2.75) is 25.1 Å². The molecule has 2 aliphatic heterocycles. The van der Waals surface area contributed by atoms with Crippen LogP contribution in [0.4, 0.5) is 20.6 Å². The number of anilines is 1. The van der Waals surface area contributed by atoms with E-state index in [1.807, 2.05) is 0 Å². The molecule has 1 N–H and O–H groups in total. The van der Waals surface area contributed by atoms with E-state index in [0.29, 0.717) is 23.4 Å². The number of nitro groups is 1. The molecule has 25 heavy (non-hydrogen) atoms. The van der Waals surface area contributed by atoms with Gasteiger partial charge in [-0.05, 0) is 31.2 Å². The monoisotopic (exact) mass is 343 g/mol. The summed E-state index contributed by atoms with van der Waals surface area (Å²) in [6.07, 6.45) is 0.378. The number of hydrogen-bond donors (Lipinski definition) is 1. The summed E-state index contributed by atoms with van der Waals surface area (Å²) in [5.74, 6) is 0.00797. The van der Waals surface area contributed by atoms with Gasteiger partial charge in [0.2, 0.25) is 0 Å². The zero-order valence-electron chi connectivity index (χ0n) is 13.2. The van der Waals surface area contributed by atoms with Gasteiger partial charge in [-0.25, -0.2) is 9.18 Å². The summed E-state index contributed by atoms with van der Waals surface area (Å²) in [7, 11) is 0. The number of ether oxygens (including phenoxy) is 1. The molecule has 0 radical (unpaired) electrons. The number of non-ortho nitro benzene ring substituents is 1. The van der Waals surface area contributed by atoms with Gasteiger partial charge in [-0.3, -0.25) is 15.0 Å². The second kappa shape index (κ2) is 5.17. The normalized spacial score (nSPS) is 24.2. The van der Waals surface area contributed by atoms with Gasteiger partial charge in [-0.15, -0.1) is 0 Å². The minimum Gasteiger partial charge on any atom is -0.467 e. The number of rotatable bonds is 2. The number of halogens is 1. The molecule has 128 valence electrons. The van der Waals surface area contributed by atoms with E-state index in [2.05, 4.69) is 5.32 Å². The van der Waals surface area contributed by atoms with E-state index in [0.717, 1.165) is 0 Å². The first-order chi connectivity index (χ1) is 11.9. The first kappa shape index (κ1) is 15.4. The van der Waals surface area contributed by atoms with Crippen molar-refractivity contribution >= 4 is 17.4 Å². The van der Waals surface area contributed by atoms with Crippen molar-refractivity contribution in [1.82, 2.24) is 5.32 Å². The van der Waals surface area contributed by atoms with Crippen LogP contribution < -0.4 is 15.0 Å². The molecule has 1 saturated heterocycles. The Morgan fingerprint density at radius 2 is 2.16 bits per heavy atom. The third kappa shape index (κ3) is 2.37. The first-order valence-electron chi connectivity index (χ1n) is 7.71. The van der Waals surface area contributed by atoms with Gasteiger partial charge < -0.3 is 10.1 Å². The van der Waals surface area contributed by atoms with Crippen LogP contribution in [-0.4, -0.2) is 16.7 Å². The lowest BCUT2D eigenvalue weighted by molar-refractivity contribution is -0.385. The van der Waals surface area contributed by atoms with Crippen LogP contribution in [-0.2, 0) is 0 Å². The Morgan fingerprint density at radius 1 is 1.36 bits per heavy atom. The summed E-state index contributed by atoms with van der Waals surface area (Å²) in [6.45, 7) is 1.74. The highest BCUT2D eigenvalue weighted by atomic mass is 19.1.